The van der Waals surface area contributed by atoms with Crippen LogP contribution in [0.15, 0.2) is 71.9 Å². The van der Waals surface area contributed by atoms with Crippen LogP contribution in [0.4, 0.5) is 23.1 Å². The van der Waals surface area contributed by atoms with Gasteiger partial charge in [-0.3, -0.25) is 4.98 Å². The highest BCUT2D eigenvalue weighted by molar-refractivity contribution is 7.89. The SMILES string of the molecule is O=S1(=O)NCc2ccc(Nc3nccc(Nc4cccc5ncccc45)n3)cc21. The summed E-state index contributed by atoms with van der Waals surface area (Å²) in [6.45, 7) is 0.313. The van der Waals surface area contributed by atoms with Crippen LogP contribution in [-0.2, 0) is 16.6 Å². The number of aromatic nitrogens is 3. The van der Waals surface area contributed by atoms with Crippen LogP contribution in [0.3, 0.4) is 0 Å². The first-order valence-corrected chi connectivity index (χ1v) is 10.4. The van der Waals surface area contributed by atoms with E-state index in [4.69, 9.17) is 0 Å². The van der Waals surface area contributed by atoms with Gasteiger partial charge in [0.25, 0.3) is 0 Å². The number of nitrogens with zero attached hydrogens (tertiary/aromatic N) is 3. The Hall–Kier alpha value is -3.56. The lowest BCUT2D eigenvalue weighted by Gasteiger charge is -2.11. The van der Waals surface area contributed by atoms with Crippen LogP contribution >= 0.6 is 0 Å². The van der Waals surface area contributed by atoms with Gasteiger partial charge in [0.15, 0.2) is 0 Å². The van der Waals surface area contributed by atoms with Gasteiger partial charge in [0, 0.05) is 35.7 Å². The van der Waals surface area contributed by atoms with Crippen molar-refractivity contribution in [3.05, 3.63) is 72.6 Å². The number of pyridine rings is 1. The summed E-state index contributed by atoms with van der Waals surface area (Å²) in [4.78, 5) is 13.3. The second-order valence-electron chi connectivity index (χ2n) is 6.54. The summed E-state index contributed by atoms with van der Waals surface area (Å²) in [7, 11) is -3.44. The lowest BCUT2D eigenvalue weighted by molar-refractivity contribution is 0.589. The van der Waals surface area contributed by atoms with Crippen LogP contribution in [-0.4, -0.2) is 23.4 Å². The first-order valence-electron chi connectivity index (χ1n) is 8.92. The molecule has 3 heterocycles. The lowest BCUT2D eigenvalue weighted by atomic mass is 10.2. The molecule has 1 aliphatic heterocycles. The molecule has 2 aromatic heterocycles. The van der Waals surface area contributed by atoms with Gasteiger partial charge in [-0.15, -0.1) is 0 Å². The third kappa shape index (κ3) is 3.37. The Labute approximate surface area is 167 Å². The Morgan fingerprint density at radius 3 is 2.79 bits per heavy atom. The molecule has 0 aliphatic carbocycles. The van der Waals surface area contributed by atoms with Crippen molar-refractivity contribution < 1.29 is 8.42 Å². The molecule has 29 heavy (non-hydrogen) atoms. The van der Waals surface area contributed by atoms with E-state index in [1.54, 1.807) is 36.7 Å². The molecule has 9 heteroatoms. The minimum atomic E-state index is -3.44. The fourth-order valence-electron chi connectivity index (χ4n) is 3.25. The zero-order chi connectivity index (χ0) is 19.8. The van der Waals surface area contributed by atoms with Crippen molar-refractivity contribution in [2.24, 2.45) is 0 Å². The topological polar surface area (TPSA) is 109 Å². The van der Waals surface area contributed by atoms with Gasteiger partial charge in [0.1, 0.15) is 5.82 Å². The lowest BCUT2D eigenvalue weighted by Crippen LogP contribution is -2.13. The van der Waals surface area contributed by atoms with Gasteiger partial charge in [-0.05, 0) is 48.0 Å². The third-order valence-electron chi connectivity index (χ3n) is 4.63. The van der Waals surface area contributed by atoms with Crippen molar-refractivity contribution in [2.75, 3.05) is 10.6 Å². The fraction of sp³-hybridized carbons (Fsp3) is 0.0500. The number of hydrogen-bond acceptors (Lipinski definition) is 7. The van der Waals surface area contributed by atoms with Crippen LogP contribution in [0.5, 0.6) is 0 Å². The minimum Gasteiger partial charge on any atom is -0.340 e. The van der Waals surface area contributed by atoms with Crippen LogP contribution in [0, 0.1) is 0 Å². The zero-order valence-corrected chi connectivity index (χ0v) is 15.9. The molecule has 3 N–H and O–H groups in total. The van der Waals surface area contributed by atoms with E-state index >= 15 is 0 Å². The molecule has 2 aromatic carbocycles. The fourth-order valence-corrected chi connectivity index (χ4v) is 4.52. The van der Waals surface area contributed by atoms with Crippen LogP contribution in [0.1, 0.15) is 5.56 Å². The summed E-state index contributed by atoms with van der Waals surface area (Å²) in [5.41, 5.74) is 3.12. The van der Waals surface area contributed by atoms with Crippen molar-refractivity contribution >= 4 is 44.1 Å². The van der Waals surface area contributed by atoms with Crippen molar-refractivity contribution in [1.82, 2.24) is 19.7 Å². The van der Waals surface area contributed by atoms with Gasteiger partial charge in [-0.1, -0.05) is 12.1 Å². The Morgan fingerprint density at radius 1 is 0.931 bits per heavy atom. The monoisotopic (exact) mass is 404 g/mol. The summed E-state index contributed by atoms with van der Waals surface area (Å²) in [5, 5.41) is 7.34. The maximum Gasteiger partial charge on any atom is 0.241 e. The first-order chi connectivity index (χ1) is 14.1. The Balaban J connectivity index is 1.42. The van der Waals surface area contributed by atoms with E-state index in [1.807, 2.05) is 30.3 Å². The van der Waals surface area contributed by atoms with Gasteiger partial charge in [-0.25, -0.2) is 18.1 Å². The Bertz CT molecular complexity index is 1330. The summed E-state index contributed by atoms with van der Waals surface area (Å²) in [6.07, 6.45) is 3.39. The molecule has 0 unspecified atom stereocenters. The molecule has 0 bridgehead atoms. The molecular weight excluding hydrogens is 388 g/mol. The smallest absolute Gasteiger partial charge is 0.241 e. The number of hydrogen-bond donors (Lipinski definition) is 3. The number of anilines is 4. The molecule has 4 aromatic rings. The van der Waals surface area contributed by atoms with Crippen molar-refractivity contribution in [1.29, 1.82) is 0 Å². The molecule has 144 valence electrons. The van der Waals surface area contributed by atoms with Gasteiger partial charge in [0.2, 0.25) is 16.0 Å². The summed E-state index contributed by atoms with van der Waals surface area (Å²) in [6, 6.07) is 16.6. The predicted octanol–water partition coefficient (Wildman–Crippen LogP) is 3.30. The second kappa shape index (κ2) is 6.80. The molecule has 0 saturated heterocycles. The summed E-state index contributed by atoms with van der Waals surface area (Å²) >= 11 is 0. The van der Waals surface area contributed by atoms with Crippen LogP contribution in [0.2, 0.25) is 0 Å². The number of nitrogens with one attached hydrogen (secondary N) is 3. The average molecular weight is 404 g/mol. The van der Waals surface area contributed by atoms with Gasteiger partial charge in [-0.2, -0.15) is 4.98 Å². The molecular formula is C20H16N6O2S. The summed E-state index contributed by atoms with van der Waals surface area (Å²) in [5.74, 6) is 0.964. The van der Waals surface area contributed by atoms with Gasteiger partial charge in [0.05, 0.1) is 10.4 Å². The number of rotatable bonds is 4. The highest BCUT2D eigenvalue weighted by Crippen LogP contribution is 2.28. The molecule has 0 saturated carbocycles. The third-order valence-corrected chi connectivity index (χ3v) is 6.11. The van der Waals surface area contributed by atoms with Crippen LogP contribution < -0.4 is 15.4 Å². The highest BCUT2D eigenvalue weighted by atomic mass is 32.2. The van der Waals surface area contributed by atoms with Crippen molar-refractivity contribution in [3.8, 4) is 0 Å². The van der Waals surface area contributed by atoms with Gasteiger partial charge < -0.3 is 10.6 Å². The number of sulfonamides is 1. The number of benzene rings is 2. The highest BCUT2D eigenvalue weighted by Gasteiger charge is 2.25. The van der Waals surface area contributed by atoms with E-state index in [0.717, 1.165) is 22.2 Å². The molecule has 0 fully saturated rings. The second-order valence-corrected chi connectivity index (χ2v) is 8.27. The van der Waals surface area contributed by atoms with Gasteiger partial charge >= 0.3 is 0 Å². The van der Waals surface area contributed by atoms with E-state index in [9.17, 15) is 8.42 Å². The van der Waals surface area contributed by atoms with Crippen molar-refractivity contribution in [3.63, 3.8) is 0 Å². The predicted molar refractivity (Wildman–Crippen MR) is 111 cm³/mol. The maximum atomic E-state index is 12.0. The van der Waals surface area contributed by atoms with E-state index in [-0.39, 0.29) is 4.90 Å². The molecule has 0 amide bonds. The number of fused-ring (bicyclic) bond motifs is 2. The van der Waals surface area contributed by atoms with Crippen molar-refractivity contribution in [2.45, 2.75) is 11.4 Å². The zero-order valence-electron chi connectivity index (χ0n) is 15.1. The first kappa shape index (κ1) is 17.5. The quantitative estimate of drug-likeness (QED) is 0.479. The maximum absolute atomic E-state index is 12.0. The molecule has 8 nitrogen and oxygen atoms in total. The van der Waals surface area contributed by atoms with Crippen LogP contribution in [0.25, 0.3) is 10.9 Å². The normalized spacial score (nSPS) is 14.5. The molecule has 1 aliphatic rings. The molecule has 0 atom stereocenters. The van der Waals surface area contributed by atoms with E-state index < -0.39 is 10.0 Å². The standard InChI is InChI=1S/C20H16N6O2S/c27-29(28)18-11-14(7-6-13(18)12-23-29)24-20-22-10-8-19(26-20)25-17-5-1-4-16-15(17)3-2-9-21-16/h1-11,23H,12H2,(H2,22,24,25,26). The molecule has 0 radical (unpaired) electrons. The Morgan fingerprint density at radius 2 is 1.86 bits per heavy atom. The Kier molecular flexibility index (Phi) is 4.11. The molecule has 0 spiro atoms. The minimum absolute atomic E-state index is 0.278. The van der Waals surface area contributed by atoms with E-state index in [0.29, 0.717) is 24.0 Å². The molecule has 5 rings (SSSR count). The summed E-state index contributed by atoms with van der Waals surface area (Å²) < 4.78 is 26.6. The van der Waals surface area contributed by atoms with E-state index in [2.05, 4.69) is 30.3 Å². The van der Waals surface area contributed by atoms with E-state index in [1.165, 1.54) is 0 Å². The average Bonchev–Trinajstić information content (AvgIpc) is 3.03. The largest absolute Gasteiger partial charge is 0.340 e.